The van der Waals surface area contributed by atoms with Gasteiger partial charge in [0.1, 0.15) is 6.10 Å². The molecule has 5 heteroatoms. The summed E-state index contributed by atoms with van der Waals surface area (Å²) in [5.41, 5.74) is 5.59. The number of carbonyl (C=O) groups is 1. The molecule has 3 atom stereocenters. The lowest BCUT2D eigenvalue weighted by molar-refractivity contribution is -0.123. The van der Waals surface area contributed by atoms with Crippen LogP contribution in [0.2, 0.25) is 0 Å². The van der Waals surface area contributed by atoms with Crippen molar-refractivity contribution in [2.45, 2.75) is 76.5 Å². The third-order valence-corrected chi connectivity index (χ3v) is 7.20. The Hall–Kier alpha value is -2.21. The summed E-state index contributed by atoms with van der Waals surface area (Å²) in [6, 6.07) is 13.7. The number of likely N-dealkylation sites (tertiary alicyclic amines) is 1. The molecule has 1 aliphatic heterocycles. The summed E-state index contributed by atoms with van der Waals surface area (Å²) < 4.78 is 0. The fourth-order valence-corrected chi connectivity index (χ4v) is 5.14. The number of aryl methyl sites for hydroxylation is 3. The predicted octanol–water partition coefficient (Wildman–Crippen LogP) is 4.00. The normalized spacial score (nSPS) is 19.0. The number of rotatable bonds is 9. The van der Waals surface area contributed by atoms with Gasteiger partial charge in [-0.1, -0.05) is 48.0 Å². The Morgan fingerprint density at radius 3 is 2.33 bits per heavy atom. The molecular formula is C28H38N2O3. The van der Waals surface area contributed by atoms with Crippen LogP contribution in [0.3, 0.4) is 0 Å². The van der Waals surface area contributed by atoms with Crippen molar-refractivity contribution in [2.75, 3.05) is 19.6 Å². The Labute approximate surface area is 197 Å². The number of nitrogens with zero attached hydrogens (tertiary/aromatic N) is 1. The van der Waals surface area contributed by atoms with Crippen LogP contribution in [0.1, 0.15) is 78.6 Å². The van der Waals surface area contributed by atoms with Crippen molar-refractivity contribution < 1.29 is 15.0 Å². The van der Waals surface area contributed by atoms with Crippen LogP contribution in [0.15, 0.2) is 42.5 Å². The molecule has 2 aromatic rings. The van der Waals surface area contributed by atoms with Gasteiger partial charge in [0.05, 0.1) is 12.1 Å². The number of aliphatic hydroxyl groups excluding tert-OH is 2. The van der Waals surface area contributed by atoms with Gasteiger partial charge in [-0.3, -0.25) is 4.79 Å². The van der Waals surface area contributed by atoms with Crippen LogP contribution in [0.4, 0.5) is 0 Å². The third-order valence-electron chi connectivity index (χ3n) is 7.20. The third kappa shape index (κ3) is 6.44. The number of benzene rings is 2. The van der Waals surface area contributed by atoms with E-state index in [4.69, 9.17) is 0 Å². The van der Waals surface area contributed by atoms with Crippen molar-refractivity contribution in [3.05, 3.63) is 70.3 Å². The van der Waals surface area contributed by atoms with Gasteiger partial charge < -0.3 is 20.4 Å². The highest BCUT2D eigenvalue weighted by Gasteiger charge is 2.27. The van der Waals surface area contributed by atoms with Crippen molar-refractivity contribution in [3.8, 4) is 0 Å². The number of amides is 1. The zero-order chi connectivity index (χ0) is 23.2. The second-order valence-corrected chi connectivity index (χ2v) is 9.83. The molecule has 1 heterocycles. The molecule has 1 aliphatic carbocycles. The van der Waals surface area contributed by atoms with E-state index in [1.54, 1.807) is 0 Å². The zero-order valence-electron chi connectivity index (χ0n) is 19.8. The van der Waals surface area contributed by atoms with E-state index in [-0.39, 0.29) is 18.4 Å². The maximum atomic E-state index is 12.8. The molecular weight excluding hydrogens is 412 g/mol. The maximum Gasteiger partial charge on any atom is 0.220 e. The van der Waals surface area contributed by atoms with E-state index in [0.29, 0.717) is 13.0 Å². The van der Waals surface area contributed by atoms with Gasteiger partial charge in [0.15, 0.2) is 0 Å². The molecule has 1 amide bonds. The quantitative estimate of drug-likeness (QED) is 0.540. The fourth-order valence-electron chi connectivity index (χ4n) is 5.14. The van der Waals surface area contributed by atoms with E-state index >= 15 is 0 Å². The topological polar surface area (TPSA) is 72.8 Å². The fraction of sp³-hybridized carbons (Fsp3) is 0.536. The molecule has 3 N–H and O–H groups in total. The summed E-state index contributed by atoms with van der Waals surface area (Å²) in [6.07, 6.45) is 6.11. The summed E-state index contributed by atoms with van der Waals surface area (Å²) in [5, 5.41) is 24.9. The van der Waals surface area contributed by atoms with Crippen LogP contribution in [-0.4, -0.2) is 46.7 Å². The molecule has 178 valence electrons. The molecule has 4 rings (SSSR count). The minimum Gasteiger partial charge on any atom is -0.388 e. The Morgan fingerprint density at radius 1 is 0.939 bits per heavy atom. The number of hydrogen-bond donors (Lipinski definition) is 3. The first kappa shape index (κ1) is 23.9. The van der Waals surface area contributed by atoms with Crippen LogP contribution in [0.25, 0.3) is 0 Å². The van der Waals surface area contributed by atoms with Crippen molar-refractivity contribution in [1.29, 1.82) is 0 Å². The Morgan fingerprint density at radius 2 is 1.61 bits per heavy atom. The summed E-state index contributed by atoms with van der Waals surface area (Å²) in [6.45, 7) is 4.67. The maximum absolute atomic E-state index is 12.8. The molecule has 0 radical (unpaired) electrons. The minimum atomic E-state index is -0.746. The Bertz CT molecular complexity index is 921. The van der Waals surface area contributed by atoms with Crippen molar-refractivity contribution in [3.63, 3.8) is 0 Å². The van der Waals surface area contributed by atoms with Crippen LogP contribution >= 0.6 is 0 Å². The minimum absolute atomic E-state index is 0.123. The van der Waals surface area contributed by atoms with Gasteiger partial charge in [0, 0.05) is 13.0 Å². The van der Waals surface area contributed by atoms with Gasteiger partial charge in [-0.2, -0.15) is 0 Å². The standard InChI is InChI=1S/C28H38N2O3/c1-20-8-10-22(11-9-20)26(31)14-15-27(32)29-25(19-30-16-4-5-17-30)28(33)24-13-12-21-6-2-3-7-23(21)18-24/h8-13,18,25-26,28,31,33H,2-7,14-17,19H2,1H3,(H,29,32)/t25-,26?,28-/m1/s1. The van der Waals surface area contributed by atoms with Crippen LogP contribution < -0.4 is 5.32 Å². The van der Waals surface area contributed by atoms with Gasteiger partial charge in [0.2, 0.25) is 5.91 Å². The summed E-state index contributed by atoms with van der Waals surface area (Å²) in [4.78, 5) is 15.2. The number of carbonyl (C=O) groups excluding carboxylic acids is 1. The number of fused-ring (bicyclic) bond motifs is 1. The number of nitrogens with one attached hydrogen (secondary N) is 1. The molecule has 2 aliphatic rings. The highest BCUT2D eigenvalue weighted by atomic mass is 16.3. The van der Waals surface area contributed by atoms with Crippen LogP contribution in [-0.2, 0) is 17.6 Å². The number of aliphatic hydroxyl groups is 2. The van der Waals surface area contributed by atoms with Gasteiger partial charge in [0.25, 0.3) is 0 Å². The second-order valence-electron chi connectivity index (χ2n) is 9.83. The second kappa shape index (κ2) is 11.3. The van der Waals surface area contributed by atoms with Crippen molar-refractivity contribution in [2.24, 2.45) is 0 Å². The highest BCUT2D eigenvalue weighted by molar-refractivity contribution is 5.76. The molecule has 1 fully saturated rings. The van der Waals surface area contributed by atoms with Crippen LogP contribution in [0, 0.1) is 6.92 Å². The first-order valence-electron chi connectivity index (χ1n) is 12.6. The first-order valence-corrected chi connectivity index (χ1v) is 12.6. The van der Waals surface area contributed by atoms with Gasteiger partial charge in [-0.15, -0.1) is 0 Å². The predicted molar refractivity (Wildman–Crippen MR) is 131 cm³/mol. The average molecular weight is 451 g/mol. The highest BCUT2D eigenvalue weighted by Crippen LogP contribution is 2.27. The van der Waals surface area contributed by atoms with E-state index in [9.17, 15) is 15.0 Å². The van der Waals surface area contributed by atoms with Gasteiger partial charge in [-0.05, 0) is 87.2 Å². The number of hydrogen-bond acceptors (Lipinski definition) is 4. The molecule has 2 aromatic carbocycles. The SMILES string of the molecule is Cc1ccc(C(O)CCC(=O)N[C@H](CN2CCCC2)[C@H](O)c2ccc3c(c2)CCCC3)cc1. The summed E-state index contributed by atoms with van der Waals surface area (Å²) in [5.74, 6) is -0.123. The molecule has 0 bridgehead atoms. The van der Waals surface area contributed by atoms with Crippen molar-refractivity contribution in [1.82, 2.24) is 10.2 Å². The molecule has 0 spiro atoms. The molecule has 1 unspecified atom stereocenters. The summed E-state index contributed by atoms with van der Waals surface area (Å²) >= 11 is 0. The van der Waals surface area contributed by atoms with Crippen LogP contribution in [0.5, 0.6) is 0 Å². The van der Waals surface area contributed by atoms with E-state index in [2.05, 4.69) is 22.3 Å². The van der Waals surface area contributed by atoms with E-state index in [1.807, 2.05) is 37.3 Å². The van der Waals surface area contributed by atoms with Gasteiger partial charge >= 0.3 is 0 Å². The Balaban J connectivity index is 1.40. The lowest BCUT2D eigenvalue weighted by atomic mass is 9.88. The van der Waals surface area contributed by atoms with Gasteiger partial charge in [-0.25, -0.2) is 0 Å². The zero-order valence-corrected chi connectivity index (χ0v) is 19.8. The first-order chi connectivity index (χ1) is 16.0. The summed E-state index contributed by atoms with van der Waals surface area (Å²) in [7, 11) is 0. The van der Waals surface area contributed by atoms with E-state index in [0.717, 1.165) is 42.6 Å². The average Bonchev–Trinajstić information content (AvgIpc) is 3.35. The van der Waals surface area contributed by atoms with E-state index in [1.165, 1.54) is 36.8 Å². The molecule has 0 saturated carbocycles. The lowest BCUT2D eigenvalue weighted by Crippen LogP contribution is -2.46. The Kier molecular flexibility index (Phi) is 8.18. The molecule has 1 saturated heterocycles. The lowest BCUT2D eigenvalue weighted by Gasteiger charge is -2.29. The monoisotopic (exact) mass is 450 g/mol. The van der Waals surface area contributed by atoms with Crippen molar-refractivity contribution >= 4 is 5.91 Å². The molecule has 33 heavy (non-hydrogen) atoms. The smallest absolute Gasteiger partial charge is 0.220 e. The van der Waals surface area contributed by atoms with E-state index < -0.39 is 12.2 Å². The molecule has 0 aromatic heterocycles. The molecule has 5 nitrogen and oxygen atoms in total. The largest absolute Gasteiger partial charge is 0.388 e.